The van der Waals surface area contributed by atoms with Gasteiger partial charge in [-0.05, 0) is 51.5 Å². The summed E-state index contributed by atoms with van der Waals surface area (Å²) in [5, 5.41) is 3.90. The van der Waals surface area contributed by atoms with Crippen LogP contribution in [0.2, 0.25) is 5.15 Å². The molecule has 0 radical (unpaired) electrons. The number of hydrogen-bond acceptors (Lipinski definition) is 3. The number of nitrogens with zero attached hydrogens (tertiary/aromatic N) is 2. The number of piperidine rings is 1. The molecule has 1 aliphatic rings. The summed E-state index contributed by atoms with van der Waals surface area (Å²) in [4.78, 5) is 6.59. The van der Waals surface area contributed by atoms with Gasteiger partial charge in [-0.1, -0.05) is 17.7 Å². The molecule has 0 unspecified atom stereocenters. The predicted octanol–water partition coefficient (Wildman–Crippen LogP) is 2.17. The molecule has 17 heavy (non-hydrogen) atoms. The second kappa shape index (κ2) is 6.34. The Kier molecular flexibility index (Phi) is 4.77. The summed E-state index contributed by atoms with van der Waals surface area (Å²) >= 11 is 6.07. The van der Waals surface area contributed by atoms with Crippen LogP contribution in [0.1, 0.15) is 18.4 Å². The van der Waals surface area contributed by atoms with Gasteiger partial charge in [0.25, 0.3) is 0 Å². The monoisotopic (exact) mass is 253 g/mol. The highest BCUT2D eigenvalue weighted by Gasteiger charge is 2.19. The molecule has 1 aromatic heterocycles. The van der Waals surface area contributed by atoms with Crippen LogP contribution in [-0.2, 0) is 6.54 Å². The van der Waals surface area contributed by atoms with Crippen molar-refractivity contribution in [1.29, 1.82) is 0 Å². The summed E-state index contributed by atoms with van der Waals surface area (Å²) in [5.74, 6) is 0.834. The van der Waals surface area contributed by atoms with Gasteiger partial charge in [0.05, 0.1) is 0 Å². The van der Waals surface area contributed by atoms with Crippen molar-refractivity contribution in [3.05, 3.63) is 29.0 Å². The summed E-state index contributed by atoms with van der Waals surface area (Å²) in [7, 11) is 2.03. The number of pyridine rings is 1. The lowest BCUT2D eigenvalue weighted by Crippen LogP contribution is -2.36. The molecule has 94 valence electrons. The van der Waals surface area contributed by atoms with Crippen LogP contribution < -0.4 is 5.32 Å². The number of likely N-dealkylation sites (tertiary alicyclic amines) is 1. The fraction of sp³-hybridized carbons (Fsp3) is 0.615. The van der Waals surface area contributed by atoms with E-state index in [0.29, 0.717) is 5.15 Å². The van der Waals surface area contributed by atoms with Crippen molar-refractivity contribution in [3.63, 3.8) is 0 Å². The molecule has 3 nitrogen and oxygen atoms in total. The third kappa shape index (κ3) is 3.66. The van der Waals surface area contributed by atoms with Gasteiger partial charge in [0, 0.05) is 18.3 Å². The van der Waals surface area contributed by atoms with Gasteiger partial charge in [-0.3, -0.25) is 4.90 Å². The number of halogens is 1. The molecule has 0 atom stereocenters. The molecular formula is C13H20ClN3. The lowest BCUT2D eigenvalue weighted by atomic mass is 9.96. The van der Waals surface area contributed by atoms with E-state index in [1.165, 1.54) is 12.8 Å². The first kappa shape index (κ1) is 12.8. The Morgan fingerprint density at radius 1 is 1.47 bits per heavy atom. The van der Waals surface area contributed by atoms with Crippen molar-refractivity contribution in [1.82, 2.24) is 15.2 Å². The minimum Gasteiger partial charge on any atom is -0.319 e. The van der Waals surface area contributed by atoms with E-state index >= 15 is 0 Å². The van der Waals surface area contributed by atoms with Gasteiger partial charge in [-0.15, -0.1) is 0 Å². The van der Waals surface area contributed by atoms with Crippen LogP contribution in [0.3, 0.4) is 0 Å². The maximum absolute atomic E-state index is 6.07. The van der Waals surface area contributed by atoms with Gasteiger partial charge < -0.3 is 5.32 Å². The van der Waals surface area contributed by atoms with E-state index in [4.69, 9.17) is 11.6 Å². The van der Waals surface area contributed by atoms with Gasteiger partial charge in [0.2, 0.25) is 0 Å². The van der Waals surface area contributed by atoms with E-state index < -0.39 is 0 Å². The van der Waals surface area contributed by atoms with Gasteiger partial charge in [-0.2, -0.15) is 0 Å². The van der Waals surface area contributed by atoms with Crippen LogP contribution in [0.25, 0.3) is 0 Å². The van der Waals surface area contributed by atoms with Crippen LogP contribution in [0, 0.1) is 5.92 Å². The molecule has 0 amide bonds. The molecule has 0 aliphatic carbocycles. The van der Waals surface area contributed by atoms with Crippen molar-refractivity contribution in [2.75, 3.05) is 26.7 Å². The van der Waals surface area contributed by atoms with Crippen molar-refractivity contribution in [2.45, 2.75) is 19.4 Å². The topological polar surface area (TPSA) is 28.2 Å². The molecule has 1 fully saturated rings. The molecule has 4 heteroatoms. The fourth-order valence-electron chi connectivity index (χ4n) is 2.42. The van der Waals surface area contributed by atoms with Crippen LogP contribution >= 0.6 is 11.6 Å². The first-order chi connectivity index (χ1) is 8.29. The number of hydrogen-bond donors (Lipinski definition) is 1. The van der Waals surface area contributed by atoms with Crippen LogP contribution in [-0.4, -0.2) is 36.6 Å². The smallest absolute Gasteiger partial charge is 0.133 e. The minimum atomic E-state index is 0.643. The zero-order valence-electron chi connectivity index (χ0n) is 10.3. The molecule has 1 saturated heterocycles. The molecule has 0 bridgehead atoms. The fourth-order valence-corrected chi connectivity index (χ4v) is 2.59. The van der Waals surface area contributed by atoms with Crippen molar-refractivity contribution in [3.8, 4) is 0 Å². The van der Waals surface area contributed by atoms with Crippen LogP contribution in [0.15, 0.2) is 18.3 Å². The molecule has 1 aromatic rings. The number of rotatable bonds is 4. The number of nitrogens with one attached hydrogen (secondary N) is 1. The summed E-state index contributed by atoms with van der Waals surface area (Å²) in [6.07, 6.45) is 4.29. The van der Waals surface area contributed by atoms with E-state index in [1.54, 1.807) is 6.20 Å². The van der Waals surface area contributed by atoms with Gasteiger partial charge in [-0.25, -0.2) is 4.98 Å². The second-order valence-corrected chi connectivity index (χ2v) is 5.09. The molecule has 0 spiro atoms. The summed E-state index contributed by atoms with van der Waals surface area (Å²) in [5.41, 5.74) is 1.14. The average Bonchev–Trinajstić information content (AvgIpc) is 2.35. The first-order valence-electron chi connectivity index (χ1n) is 6.26. The zero-order valence-corrected chi connectivity index (χ0v) is 11.1. The standard InChI is InChI=1S/C13H20ClN3/c1-15-9-11-4-7-17(8-5-11)10-12-3-2-6-16-13(12)14/h2-3,6,11,15H,4-5,7-10H2,1H3. The van der Waals surface area contributed by atoms with E-state index in [-0.39, 0.29) is 0 Å². The summed E-state index contributed by atoms with van der Waals surface area (Å²) in [6, 6.07) is 4.02. The highest BCUT2D eigenvalue weighted by molar-refractivity contribution is 6.30. The molecule has 2 rings (SSSR count). The van der Waals surface area contributed by atoms with E-state index in [1.807, 2.05) is 13.1 Å². The van der Waals surface area contributed by atoms with Crippen molar-refractivity contribution in [2.24, 2.45) is 5.92 Å². The molecule has 1 aliphatic heterocycles. The average molecular weight is 254 g/mol. The lowest BCUT2D eigenvalue weighted by molar-refractivity contribution is 0.176. The zero-order chi connectivity index (χ0) is 12.1. The van der Waals surface area contributed by atoms with Crippen molar-refractivity contribution >= 4 is 11.6 Å². The summed E-state index contributed by atoms with van der Waals surface area (Å²) in [6.45, 7) is 4.40. The van der Waals surface area contributed by atoms with Gasteiger partial charge >= 0.3 is 0 Å². The maximum atomic E-state index is 6.07. The Morgan fingerprint density at radius 3 is 2.88 bits per heavy atom. The first-order valence-corrected chi connectivity index (χ1v) is 6.63. The Balaban J connectivity index is 1.84. The van der Waals surface area contributed by atoms with E-state index in [9.17, 15) is 0 Å². The third-order valence-electron chi connectivity index (χ3n) is 3.43. The summed E-state index contributed by atoms with van der Waals surface area (Å²) < 4.78 is 0. The Morgan fingerprint density at radius 2 is 2.24 bits per heavy atom. The Labute approximate surface area is 108 Å². The highest BCUT2D eigenvalue weighted by Crippen LogP contribution is 2.20. The SMILES string of the molecule is CNCC1CCN(Cc2cccnc2Cl)CC1. The predicted molar refractivity (Wildman–Crippen MR) is 71.2 cm³/mol. The van der Waals surface area contributed by atoms with Gasteiger partial charge in [0.15, 0.2) is 0 Å². The second-order valence-electron chi connectivity index (χ2n) is 4.73. The van der Waals surface area contributed by atoms with Crippen LogP contribution in [0.5, 0.6) is 0 Å². The molecule has 1 N–H and O–H groups in total. The largest absolute Gasteiger partial charge is 0.319 e. The molecule has 2 heterocycles. The Bertz CT molecular complexity index is 348. The minimum absolute atomic E-state index is 0.643. The van der Waals surface area contributed by atoms with Crippen molar-refractivity contribution < 1.29 is 0 Å². The Hall–Kier alpha value is -0.640. The van der Waals surface area contributed by atoms with E-state index in [2.05, 4.69) is 21.3 Å². The molecule has 0 saturated carbocycles. The highest BCUT2D eigenvalue weighted by atomic mass is 35.5. The quantitative estimate of drug-likeness (QED) is 0.834. The van der Waals surface area contributed by atoms with Gasteiger partial charge in [0.1, 0.15) is 5.15 Å². The molecular weight excluding hydrogens is 234 g/mol. The van der Waals surface area contributed by atoms with E-state index in [0.717, 1.165) is 37.7 Å². The third-order valence-corrected chi connectivity index (χ3v) is 3.77. The normalized spacial score (nSPS) is 18.5. The number of aromatic nitrogens is 1. The molecule has 0 aromatic carbocycles. The maximum Gasteiger partial charge on any atom is 0.133 e. The van der Waals surface area contributed by atoms with Crippen LogP contribution in [0.4, 0.5) is 0 Å². The lowest BCUT2D eigenvalue weighted by Gasteiger charge is -2.31.